The van der Waals surface area contributed by atoms with E-state index in [0.717, 1.165) is 4.57 Å². The summed E-state index contributed by atoms with van der Waals surface area (Å²) in [7, 11) is -3.15. The molecule has 1 aromatic carbocycles. The fraction of sp³-hybridized carbons (Fsp3) is 0.400. The van der Waals surface area contributed by atoms with Crippen molar-refractivity contribution in [2.24, 2.45) is 0 Å². The van der Waals surface area contributed by atoms with Crippen molar-refractivity contribution < 1.29 is 21.7 Å². The van der Waals surface area contributed by atoms with Gasteiger partial charge in [0.2, 0.25) is 5.03 Å². The first-order chi connectivity index (χ1) is 11.6. The van der Waals surface area contributed by atoms with Crippen molar-refractivity contribution in [1.82, 2.24) is 9.55 Å². The topological polar surface area (TPSA) is 70.4 Å². The number of methoxy groups -OCH3 is 1. The number of ether oxygens (including phenoxy) is 1. The van der Waals surface area contributed by atoms with Crippen LogP contribution in [-0.4, -0.2) is 25.1 Å². The largest absolute Gasteiger partial charge is 0.468 e. The van der Waals surface area contributed by atoms with Crippen LogP contribution in [0.5, 0.6) is 11.8 Å². The molecule has 25 heavy (non-hydrogen) atoms. The first-order valence-electron chi connectivity index (χ1n) is 7.27. The predicted molar refractivity (Wildman–Crippen MR) is 93.0 cm³/mol. The van der Waals surface area contributed by atoms with Crippen molar-refractivity contribution in [2.75, 3.05) is 7.11 Å². The summed E-state index contributed by atoms with van der Waals surface area (Å²) in [6, 6.07) is 3.84. The van der Waals surface area contributed by atoms with Crippen molar-refractivity contribution >= 4 is 33.3 Å². The summed E-state index contributed by atoms with van der Waals surface area (Å²) in [5, 5.41) is -0.0103. The lowest BCUT2D eigenvalue weighted by atomic mass is 10.1. The second-order valence-corrected chi connectivity index (χ2v) is 7.86. The van der Waals surface area contributed by atoms with Crippen molar-refractivity contribution in [3.05, 3.63) is 33.9 Å². The number of hydrogen-bond donors (Lipinski definition) is 0. The van der Waals surface area contributed by atoms with E-state index in [-0.39, 0.29) is 33.4 Å². The van der Waals surface area contributed by atoms with Crippen LogP contribution in [0.3, 0.4) is 0 Å². The summed E-state index contributed by atoms with van der Waals surface area (Å²) >= 11 is 11.7. The highest BCUT2D eigenvalue weighted by Crippen LogP contribution is 2.34. The molecule has 1 aromatic heterocycles. The van der Waals surface area contributed by atoms with Crippen LogP contribution in [-0.2, 0) is 10.1 Å². The lowest BCUT2D eigenvalue weighted by Crippen LogP contribution is -2.18. The zero-order chi connectivity index (χ0) is 18.9. The smallest absolute Gasteiger partial charge is 0.357 e. The molecule has 0 saturated heterocycles. The molecule has 1 heterocycles. The molecule has 0 bridgehead atoms. The molecule has 0 aliphatic rings. The van der Waals surface area contributed by atoms with E-state index < -0.39 is 21.4 Å². The highest BCUT2D eigenvalue weighted by atomic mass is 35.5. The molecule has 1 unspecified atom stereocenters. The summed E-state index contributed by atoms with van der Waals surface area (Å²) in [5.41, 5.74) is 0.134. The summed E-state index contributed by atoms with van der Waals surface area (Å²) in [5.74, 6) is -0.407. The van der Waals surface area contributed by atoms with Crippen LogP contribution in [0.1, 0.15) is 38.7 Å². The van der Waals surface area contributed by atoms with Crippen LogP contribution in [0.2, 0.25) is 10.0 Å². The molecular weight excluding hydrogens is 394 g/mol. The Morgan fingerprint density at radius 1 is 1.16 bits per heavy atom. The van der Waals surface area contributed by atoms with Crippen LogP contribution in [0.25, 0.3) is 0 Å². The van der Waals surface area contributed by atoms with Gasteiger partial charge in [-0.2, -0.15) is 13.4 Å². The second kappa shape index (κ2) is 7.39. The SMILES string of the molecule is COc1nc(C(C)C)c(S(=O)(=O)Oc2cc(Cl)cc(Cl)c2)n1C(C)F. The molecule has 0 N–H and O–H groups in total. The second-order valence-electron chi connectivity index (χ2n) is 5.53. The van der Waals surface area contributed by atoms with Crippen LogP contribution < -0.4 is 8.92 Å². The van der Waals surface area contributed by atoms with Crippen molar-refractivity contribution in [3.8, 4) is 11.8 Å². The van der Waals surface area contributed by atoms with Gasteiger partial charge in [-0.05, 0) is 18.9 Å². The van der Waals surface area contributed by atoms with Gasteiger partial charge in [0.15, 0.2) is 6.30 Å². The van der Waals surface area contributed by atoms with E-state index in [1.165, 1.54) is 32.2 Å². The van der Waals surface area contributed by atoms with Gasteiger partial charge >= 0.3 is 10.1 Å². The molecule has 0 saturated carbocycles. The maximum atomic E-state index is 14.1. The highest BCUT2D eigenvalue weighted by molar-refractivity contribution is 7.87. The standard InChI is InChI=1S/C15H17Cl2FN2O4S/c1-8(2)13-14(20(9(3)18)15(19-13)23-4)25(21,22)24-12-6-10(16)5-11(17)7-12/h5-9H,1-4H3. The molecule has 2 aromatic rings. The molecular formula is C15H17Cl2FN2O4S. The average molecular weight is 411 g/mol. The number of benzene rings is 1. The molecule has 138 valence electrons. The van der Waals surface area contributed by atoms with Crippen LogP contribution in [0.15, 0.2) is 23.2 Å². The quantitative estimate of drug-likeness (QED) is 0.651. The van der Waals surface area contributed by atoms with Gasteiger partial charge in [-0.1, -0.05) is 37.0 Å². The monoisotopic (exact) mass is 410 g/mol. The summed E-state index contributed by atoms with van der Waals surface area (Å²) in [6.07, 6.45) is -1.70. The van der Waals surface area contributed by atoms with Gasteiger partial charge in [-0.15, -0.1) is 0 Å². The molecule has 1 atom stereocenters. The Hall–Kier alpha value is -1.51. The molecule has 0 amide bonds. The Morgan fingerprint density at radius 3 is 2.16 bits per heavy atom. The molecule has 0 radical (unpaired) electrons. The normalized spacial score (nSPS) is 13.1. The van der Waals surface area contributed by atoms with E-state index in [0.29, 0.717) is 0 Å². The van der Waals surface area contributed by atoms with E-state index in [4.69, 9.17) is 32.1 Å². The Morgan fingerprint density at radius 2 is 1.72 bits per heavy atom. The number of hydrogen-bond acceptors (Lipinski definition) is 5. The van der Waals surface area contributed by atoms with Crippen molar-refractivity contribution in [2.45, 2.75) is 38.0 Å². The molecule has 0 spiro atoms. The Bertz CT molecular complexity index is 862. The Kier molecular flexibility index (Phi) is 5.86. The van der Waals surface area contributed by atoms with E-state index in [1.54, 1.807) is 13.8 Å². The first kappa shape index (κ1) is 19.8. The van der Waals surface area contributed by atoms with Crippen LogP contribution in [0, 0.1) is 0 Å². The van der Waals surface area contributed by atoms with Crippen molar-refractivity contribution in [1.29, 1.82) is 0 Å². The molecule has 0 fully saturated rings. The van der Waals surface area contributed by atoms with E-state index >= 15 is 0 Å². The van der Waals surface area contributed by atoms with E-state index in [1.807, 2.05) is 0 Å². The van der Waals surface area contributed by atoms with Crippen LogP contribution >= 0.6 is 23.2 Å². The number of nitrogens with zero attached hydrogens (tertiary/aromatic N) is 2. The maximum Gasteiger partial charge on any atom is 0.357 e. The highest BCUT2D eigenvalue weighted by Gasteiger charge is 2.34. The third-order valence-electron chi connectivity index (χ3n) is 3.22. The van der Waals surface area contributed by atoms with Gasteiger partial charge in [-0.3, -0.25) is 0 Å². The fourth-order valence-corrected chi connectivity index (χ4v) is 4.18. The summed E-state index contributed by atoms with van der Waals surface area (Å²) < 4.78 is 50.7. The van der Waals surface area contributed by atoms with Gasteiger partial charge in [0.25, 0.3) is 6.01 Å². The molecule has 6 nitrogen and oxygen atoms in total. The summed E-state index contributed by atoms with van der Waals surface area (Å²) in [6.45, 7) is 4.62. The van der Waals surface area contributed by atoms with Crippen LogP contribution in [0.4, 0.5) is 4.39 Å². The summed E-state index contributed by atoms with van der Waals surface area (Å²) in [4.78, 5) is 4.08. The zero-order valence-corrected chi connectivity index (χ0v) is 16.3. The maximum absolute atomic E-state index is 14.1. The third-order valence-corrected chi connectivity index (χ3v) is 4.95. The van der Waals surface area contributed by atoms with Crippen molar-refractivity contribution in [3.63, 3.8) is 0 Å². The Labute approximate surface area is 155 Å². The average Bonchev–Trinajstić information content (AvgIpc) is 2.86. The van der Waals surface area contributed by atoms with E-state index in [9.17, 15) is 12.8 Å². The lowest BCUT2D eigenvalue weighted by Gasteiger charge is -2.14. The van der Waals surface area contributed by atoms with Gasteiger partial charge in [0.1, 0.15) is 5.75 Å². The Balaban J connectivity index is 2.63. The predicted octanol–water partition coefficient (Wildman–Crippen LogP) is 4.58. The minimum Gasteiger partial charge on any atom is -0.468 e. The molecule has 0 aliphatic heterocycles. The lowest BCUT2D eigenvalue weighted by molar-refractivity contribution is 0.218. The third kappa shape index (κ3) is 4.19. The number of imidazole rings is 1. The van der Waals surface area contributed by atoms with Gasteiger partial charge in [0.05, 0.1) is 12.8 Å². The minimum atomic E-state index is -4.42. The van der Waals surface area contributed by atoms with Gasteiger partial charge < -0.3 is 8.92 Å². The number of aromatic nitrogens is 2. The van der Waals surface area contributed by atoms with Gasteiger partial charge in [0, 0.05) is 22.2 Å². The molecule has 0 aliphatic carbocycles. The first-order valence-corrected chi connectivity index (χ1v) is 9.44. The number of rotatable bonds is 6. The zero-order valence-electron chi connectivity index (χ0n) is 14.0. The molecule has 2 rings (SSSR count). The minimum absolute atomic E-state index is 0.0922. The van der Waals surface area contributed by atoms with E-state index in [2.05, 4.69) is 4.98 Å². The fourth-order valence-electron chi connectivity index (χ4n) is 2.24. The molecule has 10 heteroatoms. The number of alkyl halides is 1. The van der Waals surface area contributed by atoms with Gasteiger partial charge in [-0.25, -0.2) is 8.96 Å². The number of halogens is 3.